The van der Waals surface area contributed by atoms with E-state index >= 15 is 0 Å². The van der Waals surface area contributed by atoms with Crippen molar-refractivity contribution in [1.29, 1.82) is 10.5 Å². The smallest absolute Gasteiger partial charge is 0.216 e. The van der Waals surface area contributed by atoms with Gasteiger partial charge in [0.1, 0.15) is 11.6 Å². The number of nitrogens with zero attached hydrogens (tertiary/aromatic N) is 5. The van der Waals surface area contributed by atoms with Crippen molar-refractivity contribution in [2.45, 2.75) is 0 Å². The van der Waals surface area contributed by atoms with Crippen LogP contribution < -0.4 is 5.32 Å². The number of aromatic nitrogens is 4. The summed E-state index contributed by atoms with van der Waals surface area (Å²) in [5.41, 5.74) is 1.50. The number of tetrazole rings is 1. The van der Waals surface area contributed by atoms with Gasteiger partial charge in [-0.05, 0) is 39.3 Å². The number of benzene rings is 1. The maximum absolute atomic E-state index is 8.99. The Morgan fingerprint density at radius 2 is 2.26 bits per heavy atom. The lowest BCUT2D eigenvalue weighted by atomic mass is 10.2. The number of allylic oxidation sites excluding steroid dienone is 1. The minimum Gasteiger partial charge on any atom is -0.359 e. The van der Waals surface area contributed by atoms with Gasteiger partial charge in [-0.3, -0.25) is 0 Å². The minimum absolute atomic E-state index is 0.208. The molecule has 0 bridgehead atoms. The highest BCUT2D eigenvalue weighted by atomic mass is 79.9. The Balaban J connectivity index is 2.23. The molecule has 1 aromatic carbocycles. The summed E-state index contributed by atoms with van der Waals surface area (Å²) < 4.78 is 0.716. The molecule has 1 aromatic heterocycles. The second kappa shape index (κ2) is 5.76. The molecule has 8 heteroatoms. The van der Waals surface area contributed by atoms with E-state index in [0.717, 1.165) is 5.69 Å². The van der Waals surface area contributed by atoms with Crippen molar-refractivity contribution in [3.8, 4) is 12.1 Å². The number of hydrogen-bond acceptors (Lipinski definition) is 6. The Hall–Kier alpha value is -2.71. The van der Waals surface area contributed by atoms with Crippen LogP contribution in [0, 0.1) is 22.7 Å². The molecule has 0 aliphatic heterocycles. The van der Waals surface area contributed by atoms with Crippen LogP contribution in [0.3, 0.4) is 0 Å². The van der Waals surface area contributed by atoms with Crippen molar-refractivity contribution in [1.82, 2.24) is 20.6 Å². The summed E-state index contributed by atoms with van der Waals surface area (Å²) >= 11 is 3.33. The third-order valence-corrected chi connectivity index (χ3v) is 2.83. The quantitative estimate of drug-likeness (QED) is 0.835. The molecule has 0 atom stereocenters. The van der Waals surface area contributed by atoms with Crippen molar-refractivity contribution in [3.05, 3.63) is 40.3 Å². The van der Waals surface area contributed by atoms with E-state index in [-0.39, 0.29) is 11.4 Å². The number of aromatic amines is 1. The van der Waals surface area contributed by atoms with Crippen LogP contribution in [-0.2, 0) is 0 Å². The molecule has 92 valence electrons. The second-order valence-electron chi connectivity index (χ2n) is 3.36. The third-order valence-electron chi connectivity index (χ3n) is 2.18. The molecule has 2 aromatic rings. The van der Waals surface area contributed by atoms with Crippen molar-refractivity contribution in [2.24, 2.45) is 0 Å². The number of H-pyrrole nitrogens is 1. The van der Waals surface area contributed by atoms with Gasteiger partial charge in [-0.25, -0.2) is 0 Å². The van der Waals surface area contributed by atoms with E-state index in [1.54, 1.807) is 18.2 Å². The van der Waals surface area contributed by atoms with Crippen molar-refractivity contribution in [2.75, 3.05) is 5.32 Å². The van der Waals surface area contributed by atoms with E-state index in [0.29, 0.717) is 10.0 Å². The van der Waals surface area contributed by atoms with Crippen LogP contribution in [0.15, 0.2) is 28.9 Å². The van der Waals surface area contributed by atoms with Crippen LogP contribution in [0.1, 0.15) is 11.4 Å². The highest BCUT2D eigenvalue weighted by Crippen LogP contribution is 2.24. The van der Waals surface area contributed by atoms with Crippen molar-refractivity contribution >= 4 is 27.2 Å². The van der Waals surface area contributed by atoms with Crippen LogP contribution in [0.2, 0.25) is 0 Å². The van der Waals surface area contributed by atoms with Crippen LogP contribution in [0.25, 0.3) is 5.57 Å². The molecular weight excluding hydrogens is 310 g/mol. The van der Waals surface area contributed by atoms with E-state index in [2.05, 4.69) is 41.9 Å². The number of rotatable bonds is 3. The number of hydrogen-bond donors (Lipinski definition) is 2. The van der Waals surface area contributed by atoms with E-state index < -0.39 is 0 Å². The monoisotopic (exact) mass is 315 g/mol. The molecule has 0 saturated carbocycles. The van der Waals surface area contributed by atoms with Crippen molar-refractivity contribution < 1.29 is 0 Å². The molecule has 7 nitrogen and oxygen atoms in total. The summed E-state index contributed by atoms with van der Waals surface area (Å²) in [6.45, 7) is 0. The van der Waals surface area contributed by atoms with Gasteiger partial charge in [-0.15, -0.1) is 10.2 Å². The average Bonchev–Trinajstić information content (AvgIpc) is 2.95. The highest BCUT2D eigenvalue weighted by Gasteiger charge is 2.06. The van der Waals surface area contributed by atoms with Crippen LogP contribution in [0.5, 0.6) is 0 Å². The Morgan fingerprint density at radius 1 is 1.42 bits per heavy atom. The van der Waals surface area contributed by atoms with E-state index in [4.69, 9.17) is 10.5 Å². The van der Waals surface area contributed by atoms with Crippen LogP contribution in [-0.4, -0.2) is 20.6 Å². The predicted molar refractivity (Wildman–Crippen MR) is 70.2 cm³/mol. The van der Waals surface area contributed by atoms with Gasteiger partial charge in [0.05, 0.1) is 17.3 Å². The SMILES string of the molecule is N#CC(=CNc1ccc(C#N)cc1Br)c1nn[nH]n1. The molecule has 19 heavy (non-hydrogen) atoms. The Kier molecular flexibility index (Phi) is 3.86. The fourth-order valence-electron chi connectivity index (χ4n) is 1.27. The van der Waals surface area contributed by atoms with Crippen molar-refractivity contribution in [3.63, 3.8) is 0 Å². The first-order chi connectivity index (χ1) is 9.24. The van der Waals surface area contributed by atoms with Crippen LogP contribution >= 0.6 is 15.9 Å². The standard InChI is InChI=1S/C11H6BrN7/c12-9-3-7(4-13)1-2-10(9)15-6-8(5-14)11-16-18-19-17-11/h1-3,6,15H,(H,16,17,18,19). The van der Waals surface area contributed by atoms with E-state index in [1.807, 2.05) is 12.1 Å². The average molecular weight is 316 g/mol. The Bertz CT molecular complexity index is 691. The Morgan fingerprint density at radius 3 is 2.84 bits per heavy atom. The second-order valence-corrected chi connectivity index (χ2v) is 4.21. The summed E-state index contributed by atoms with van der Waals surface area (Å²) in [6.07, 6.45) is 1.47. The van der Waals surface area contributed by atoms with E-state index in [9.17, 15) is 0 Å². The Labute approximate surface area is 116 Å². The van der Waals surface area contributed by atoms with Gasteiger partial charge in [0.15, 0.2) is 0 Å². The molecule has 2 N–H and O–H groups in total. The van der Waals surface area contributed by atoms with Gasteiger partial charge in [-0.1, -0.05) is 0 Å². The predicted octanol–water partition coefficient (Wildman–Crippen LogP) is 1.81. The summed E-state index contributed by atoms with van der Waals surface area (Å²) in [5, 5.41) is 33.8. The highest BCUT2D eigenvalue weighted by molar-refractivity contribution is 9.10. The maximum Gasteiger partial charge on any atom is 0.216 e. The van der Waals surface area contributed by atoms with Gasteiger partial charge in [0.2, 0.25) is 5.82 Å². The first-order valence-corrected chi connectivity index (χ1v) is 5.84. The molecule has 0 radical (unpaired) electrons. The van der Waals surface area contributed by atoms with Gasteiger partial charge in [0, 0.05) is 10.7 Å². The molecule has 0 aliphatic carbocycles. The zero-order valence-corrected chi connectivity index (χ0v) is 11.0. The summed E-state index contributed by atoms with van der Waals surface area (Å²) in [5.74, 6) is 0.208. The lowest BCUT2D eigenvalue weighted by Crippen LogP contribution is -1.94. The summed E-state index contributed by atoms with van der Waals surface area (Å²) in [4.78, 5) is 0. The summed E-state index contributed by atoms with van der Waals surface area (Å²) in [7, 11) is 0. The van der Waals surface area contributed by atoms with Gasteiger partial charge >= 0.3 is 0 Å². The molecular formula is C11H6BrN7. The first-order valence-electron chi connectivity index (χ1n) is 5.05. The zero-order valence-electron chi connectivity index (χ0n) is 9.42. The fraction of sp³-hybridized carbons (Fsp3) is 0. The minimum atomic E-state index is 0.208. The van der Waals surface area contributed by atoms with Crippen LogP contribution in [0.4, 0.5) is 5.69 Å². The molecule has 0 spiro atoms. The number of anilines is 1. The molecule has 0 fully saturated rings. The molecule has 1 heterocycles. The largest absolute Gasteiger partial charge is 0.359 e. The molecule has 0 unspecified atom stereocenters. The summed E-state index contributed by atoms with van der Waals surface area (Å²) in [6, 6.07) is 9.07. The molecule has 0 amide bonds. The topological polar surface area (TPSA) is 114 Å². The normalized spacial score (nSPS) is 10.6. The molecule has 0 saturated heterocycles. The van der Waals surface area contributed by atoms with Gasteiger partial charge < -0.3 is 5.32 Å². The molecule has 2 rings (SSSR count). The zero-order chi connectivity index (χ0) is 13.7. The van der Waals surface area contributed by atoms with Gasteiger partial charge in [0.25, 0.3) is 0 Å². The first kappa shape index (κ1) is 12.7. The number of halogens is 1. The lowest BCUT2D eigenvalue weighted by Gasteiger charge is -2.04. The van der Waals surface area contributed by atoms with E-state index in [1.165, 1.54) is 6.20 Å². The van der Waals surface area contributed by atoms with Gasteiger partial charge in [-0.2, -0.15) is 15.7 Å². The maximum atomic E-state index is 8.99. The number of nitriles is 2. The fourth-order valence-corrected chi connectivity index (χ4v) is 1.77. The third kappa shape index (κ3) is 2.94. The lowest BCUT2D eigenvalue weighted by molar-refractivity contribution is 0.881. The number of nitrogens with one attached hydrogen (secondary N) is 2. The molecule has 0 aliphatic rings.